The first-order valence-corrected chi connectivity index (χ1v) is 6.04. The number of carboxylic acids is 1. The van der Waals surface area contributed by atoms with Crippen molar-refractivity contribution in [2.24, 2.45) is 0 Å². The zero-order chi connectivity index (χ0) is 12.7. The van der Waals surface area contributed by atoms with E-state index in [2.05, 4.69) is 0 Å². The molecule has 0 spiro atoms. The molecule has 0 amide bonds. The second-order valence-corrected chi connectivity index (χ2v) is 5.53. The number of alkyl halides is 2. The molecule has 1 atom stereocenters. The van der Waals surface area contributed by atoms with Crippen molar-refractivity contribution in [1.82, 2.24) is 0 Å². The fourth-order valence-electron chi connectivity index (χ4n) is 1.96. The third-order valence-corrected chi connectivity index (χ3v) is 3.92. The first-order valence-electron chi connectivity index (χ1n) is 5.28. The zero-order valence-electron chi connectivity index (χ0n) is 9.24. The zero-order valence-corrected chi connectivity index (χ0v) is 10.8. The summed E-state index contributed by atoms with van der Waals surface area (Å²) in [6, 6.07) is 6.86. The molecule has 0 unspecified atom stereocenters. The van der Waals surface area contributed by atoms with E-state index in [1.165, 1.54) is 0 Å². The average molecular weight is 275 g/mol. The Bertz CT molecular complexity index is 442. The van der Waals surface area contributed by atoms with Crippen molar-refractivity contribution in [3.05, 3.63) is 29.8 Å². The number of carbonyl (C=O) groups is 1. The Morgan fingerprint density at radius 2 is 1.94 bits per heavy atom. The highest BCUT2D eigenvalue weighted by atomic mass is 35.5. The molecule has 17 heavy (non-hydrogen) atoms. The Balaban J connectivity index is 2.31. The molecule has 1 aromatic carbocycles. The monoisotopic (exact) mass is 274 g/mol. The van der Waals surface area contributed by atoms with E-state index in [0.717, 1.165) is 0 Å². The first-order chi connectivity index (χ1) is 7.94. The number of aliphatic carboxylic acids is 1. The van der Waals surface area contributed by atoms with Gasteiger partial charge in [-0.15, -0.1) is 0 Å². The van der Waals surface area contributed by atoms with Crippen LogP contribution in [0.2, 0.25) is 0 Å². The minimum Gasteiger partial charge on any atom is -0.494 e. The first kappa shape index (κ1) is 12.5. The van der Waals surface area contributed by atoms with Crippen molar-refractivity contribution in [3.63, 3.8) is 0 Å². The molecular weight excluding hydrogens is 263 g/mol. The van der Waals surface area contributed by atoms with Crippen LogP contribution in [0.5, 0.6) is 5.75 Å². The van der Waals surface area contributed by atoms with Crippen LogP contribution in [0.15, 0.2) is 24.3 Å². The molecule has 0 heterocycles. The van der Waals surface area contributed by atoms with Gasteiger partial charge in [0.1, 0.15) is 15.5 Å². The lowest BCUT2D eigenvalue weighted by Gasteiger charge is -2.14. The molecule has 0 aliphatic heterocycles. The summed E-state index contributed by atoms with van der Waals surface area (Å²) < 4.78 is 4.08. The van der Waals surface area contributed by atoms with Gasteiger partial charge in [-0.05, 0) is 24.6 Å². The predicted molar refractivity (Wildman–Crippen MR) is 66.0 cm³/mol. The number of carboxylic acid groups (broad SMARTS) is 1. The molecule has 1 fully saturated rings. The molecule has 2 rings (SSSR count). The number of benzene rings is 1. The maximum atomic E-state index is 11.3. The molecule has 1 N–H and O–H groups in total. The topological polar surface area (TPSA) is 46.5 Å². The average Bonchev–Trinajstić information content (AvgIpc) is 2.85. The molecule has 0 radical (unpaired) electrons. The Labute approximate surface area is 109 Å². The quantitative estimate of drug-likeness (QED) is 0.859. The van der Waals surface area contributed by atoms with Crippen LogP contribution in [0.25, 0.3) is 0 Å². The van der Waals surface area contributed by atoms with Gasteiger partial charge in [0.15, 0.2) is 0 Å². The van der Waals surface area contributed by atoms with E-state index in [1.54, 1.807) is 24.3 Å². The van der Waals surface area contributed by atoms with E-state index < -0.39 is 15.7 Å². The van der Waals surface area contributed by atoms with Crippen molar-refractivity contribution in [2.45, 2.75) is 23.1 Å². The Morgan fingerprint density at radius 1 is 1.41 bits per heavy atom. The van der Waals surface area contributed by atoms with Crippen LogP contribution in [0.1, 0.15) is 18.9 Å². The Morgan fingerprint density at radius 3 is 2.29 bits per heavy atom. The largest absolute Gasteiger partial charge is 0.494 e. The smallest absolute Gasteiger partial charge is 0.317 e. The van der Waals surface area contributed by atoms with Crippen LogP contribution in [0.3, 0.4) is 0 Å². The third-order valence-electron chi connectivity index (χ3n) is 3.01. The van der Waals surface area contributed by atoms with Crippen molar-refractivity contribution in [2.75, 3.05) is 6.61 Å². The Hall–Kier alpha value is -0.930. The second-order valence-electron chi connectivity index (χ2n) is 4.05. The van der Waals surface area contributed by atoms with Crippen LogP contribution < -0.4 is 4.74 Å². The molecule has 0 aromatic heterocycles. The lowest BCUT2D eigenvalue weighted by atomic mass is 9.96. The number of hydrogen-bond donors (Lipinski definition) is 1. The van der Waals surface area contributed by atoms with Gasteiger partial charge in [-0.25, -0.2) is 0 Å². The molecular formula is C12H12Cl2O3. The van der Waals surface area contributed by atoms with Crippen LogP contribution in [0, 0.1) is 0 Å². The maximum Gasteiger partial charge on any atom is 0.317 e. The SMILES string of the molecule is CCOc1ccc([C@]2(C(=O)O)CC2(Cl)Cl)cc1. The highest BCUT2D eigenvalue weighted by Gasteiger charge is 2.72. The van der Waals surface area contributed by atoms with Gasteiger partial charge in [0.25, 0.3) is 0 Å². The standard InChI is InChI=1S/C12H12Cl2O3/c1-2-17-9-5-3-8(4-6-9)11(10(15)16)7-12(11,13)14/h3-6H,2,7H2,1H3,(H,15,16)/t11-/m0/s1. The van der Waals surface area contributed by atoms with E-state index in [-0.39, 0.29) is 6.42 Å². The molecule has 1 aromatic rings. The minimum atomic E-state index is -1.22. The third kappa shape index (κ3) is 1.87. The summed E-state index contributed by atoms with van der Waals surface area (Å²) in [6.45, 7) is 2.45. The molecule has 0 saturated heterocycles. The van der Waals surface area contributed by atoms with Crippen LogP contribution in [-0.4, -0.2) is 22.0 Å². The van der Waals surface area contributed by atoms with Gasteiger partial charge in [0.05, 0.1) is 6.61 Å². The normalized spacial score (nSPS) is 25.4. The van der Waals surface area contributed by atoms with Crippen LogP contribution >= 0.6 is 23.2 Å². The lowest BCUT2D eigenvalue weighted by Crippen LogP contribution is -2.26. The fraction of sp³-hybridized carbons (Fsp3) is 0.417. The van der Waals surface area contributed by atoms with Gasteiger partial charge in [-0.3, -0.25) is 4.79 Å². The molecule has 3 nitrogen and oxygen atoms in total. The van der Waals surface area contributed by atoms with Crippen molar-refractivity contribution < 1.29 is 14.6 Å². The van der Waals surface area contributed by atoms with E-state index in [4.69, 9.17) is 27.9 Å². The number of ether oxygens (including phenoxy) is 1. The summed E-state index contributed by atoms with van der Waals surface area (Å²) in [5.41, 5.74) is -0.570. The number of hydrogen-bond acceptors (Lipinski definition) is 2. The maximum absolute atomic E-state index is 11.3. The summed E-state index contributed by atoms with van der Waals surface area (Å²) in [5.74, 6) is -0.293. The van der Waals surface area contributed by atoms with Crippen LogP contribution in [-0.2, 0) is 10.2 Å². The van der Waals surface area contributed by atoms with Crippen molar-refractivity contribution in [3.8, 4) is 5.75 Å². The van der Waals surface area contributed by atoms with Gasteiger partial charge in [-0.2, -0.15) is 0 Å². The summed E-state index contributed by atoms with van der Waals surface area (Å²) in [7, 11) is 0. The highest BCUT2D eigenvalue weighted by molar-refractivity contribution is 6.54. The molecule has 1 aliphatic carbocycles. The minimum absolute atomic E-state index is 0.229. The number of rotatable bonds is 4. The van der Waals surface area contributed by atoms with E-state index in [9.17, 15) is 9.90 Å². The van der Waals surface area contributed by atoms with Crippen molar-refractivity contribution >= 4 is 29.2 Å². The molecule has 1 aliphatic rings. The summed E-state index contributed by atoms with van der Waals surface area (Å²) in [6.07, 6.45) is 0.229. The van der Waals surface area contributed by atoms with E-state index in [1.807, 2.05) is 6.92 Å². The van der Waals surface area contributed by atoms with Gasteiger partial charge in [0.2, 0.25) is 0 Å². The van der Waals surface area contributed by atoms with E-state index in [0.29, 0.717) is 17.9 Å². The van der Waals surface area contributed by atoms with Crippen LogP contribution in [0.4, 0.5) is 0 Å². The molecule has 92 valence electrons. The second kappa shape index (κ2) is 4.07. The highest BCUT2D eigenvalue weighted by Crippen LogP contribution is 2.65. The Kier molecular flexibility index (Phi) is 3.00. The van der Waals surface area contributed by atoms with Gasteiger partial charge in [-0.1, -0.05) is 35.3 Å². The number of halogens is 2. The van der Waals surface area contributed by atoms with Gasteiger partial charge < -0.3 is 9.84 Å². The van der Waals surface area contributed by atoms with E-state index >= 15 is 0 Å². The molecule has 0 bridgehead atoms. The lowest BCUT2D eigenvalue weighted by molar-refractivity contribution is -0.140. The summed E-state index contributed by atoms with van der Waals surface area (Å²) in [5, 5.41) is 9.27. The predicted octanol–water partition coefficient (Wildman–Crippen LogP) is 2.99. The van der Waals surface area contributed by atoms with Gasteiger partial charge >= 0.3 is 5.97 Å². The van der Waals surface area contributed by atoms with Gasteiger partial charge in [0, 0.05) is 6.42 Å². The fourth-order valence-corrected chi connectivity index (χ4v) is 2.74. The summed E-state index contributed by atoms with van der Waals surface area (Å²) in [4.78, 5) is 11.3. The van der Waals surface area contributed by atoms with Crippen molar-refractivity contribution in [1.29, 1.82) is 0 Å². The summed E-state index contributed by atoms with van der Waals surface area (Å²) >= 11 is 11.9. The molecule has 1 saturated carbocycles. The molecule has 5 heteroatoms.